The van der Waals surface area contributed by atoms with Crippen molar-refractivity contribution >= 4 is 22.9 Å². The van der Waals surface area contributed by atoms with E-state index in [-0.39, 0.29) is 0 Å². The first-order chi connectivity index (χ1) is 8.44. The SMILES string of the molecule is CC(C)(C)OC(=O)Nc1ccc2cccnc2n1. The van der Waals surface area contributed by atoms with E-state index in [1.54, 1.807) is 12.3 Å². The summed E-state index contributed by atoms with van der Waals surface area (Å²) in [7, 11) is 0. The molecule has 1 N–H and O–H groups in total. The Hall–Kier alpha value is -2.17. The van der Waals surface area contributed by atoms with Gasteiger partial charge < -0.3 is 4.74 Å². The van der Waals surface area contributed by atoms with Gasteiger partial charge in [-0.1, -0.05) is 0 Å². The molecule has 5 nitrogen and oxygen atoms in total. The Morgan fingerprint density at radius 1 is 1.28 bits per heavy atom. The van der Waals surface area contributed by atoms with E-state index < -0.39 is 11.7 Å². The van der Waals surface area contributed by atoms with Crippen molar-refractivity contribution in [2.45, 2.75) is 26.4 Å². The van der Waals surface area contributed by atoms with Gasteiger partial charge in [-0.3, -0.25) is 5.32 Å². The monoisotopic (exact) mass is 245 g/mol. The highest BCUT2D eigenvalue weighted by molar-refractivity contribution is 5.86. The zero-order valence-electron chi connectivity index (χ0n) is 10.6. The first-order valence-corrected chi connectivity index (χ1v) is 5.66. The lowest BCUT2D eigenvalue weighted by Crippen LogP contribution is -2.27. The van der Waals surface area contributed by atoms with Crippen molar-refractivity contribution in [2.24, 2.45) is 0 Å². The minimum absolute atomic E-state index is 0.426. The molecule has 0 aliphatic carbocycles. The van der Waals surface area contributed by atoms with Crippen LogP contribution in [0.2, 0.25) is 0 Å². The van der Waals surface area contributed by atoms with Crippen LogP contribution in [0.3, 0.4) is 0 Å². The molecule has 0 fully saturated rings. The Labute approximate surface area is 105 Å². The maximum atomic E-state index is 11.6. The smallest absolute Gasteiger partial charge is 0.413 e. The number of aromatic nitrogens is 2. The normalized spacial score (nSPS) is 11.3. The van der Waals surface area contributed by atoms with E-state index >= 15 is 0 Å². The number of fused-ring (bicyclic) bond motifs is 1. The second-order valence-corrected chi connectivity index (χ2v) is 4.87. The summed E-state index contributed by atoms with van der Waals surface area (Å²) >= 11 is 0. The van der Waals surface area contributed by atoms with Gasteiger partial charge in [0.2, 0.25) is 0 Å². The van der Waals surface area contributed by atoms with E-state index in [0.717, 1.165) is 5.39 Å². The number of hydrogen-bond donors (Lipinski definition) is 1. The molecule has 0 radical (unpaired) electrons. The molecule has 1 amide bonds. The Bertz CT molecular complexity index is 576. The predicted octanol–water partition coefficient (Wildman–Crippen LogP) is 2.98. The van der Waals surface area contributed by atoms with Gasteiger partial charge in [-0.2, -0.15) is 0 Å². The molecule has 0 saturated carbocycles. The first kappa shape index (κ1) is 12.3. The number of rotatable bonds is 1. The molecule has 18 heavy (non-hydrogen) atoms. The lowest BCUT2D eigenvalue weighted by Gasteiger charge is -2.19. The fourth-order valence-electron chi connectivity index (χ4n) is 1.43. The third-order valence-corrected chi connectivity index (χ3v) is 2.09. The van der Waals surface area contributed by atoms with Crippen LogP contribution in [0.4, 0.5) is 10.6 Å². The van der Waals surface area contributed by atoms with Gasteiger partial charge in [-0.15, -0.1) is 0 Å². The molecule has 0 aromatic carbocycles. The van der Waals surface area contributed by atoms with Crippen molar-refractivity contribution in [2.75, 3.05) is 5.32 Å². The van der Waals surface area contributed by atoms with Crippen LogP contribution in [-0.2, 0) is 4.74 Å². The topological polar surface area (TPSA) is 64.1 Å². The van der Waals surface area contributed by atoms with E-state index in [2.05, 4.69) is 15.3 Å². The number of hydrogen-bond acceptors (Lipinski definition) is 4. The number of pyridine rings is 2. The number of amides is 1. The van der Waals surface area contributed by atoms with Crippen LogP contribution in [-0.4, -0.2) is 21.7 Å². The summed E-state index contributed by atoms with van der Waals surface area (Å²) in [6.45, 7) is 5.42. The Kier molecular flexibility index (Phi) is 3.14. The summed E-state index contributed by atoms with van der Waals surface area (Å²) in [6, 6.07) is 7.31. The maximum Gasteiger partial charge on any atom is 0.413 e. The molecular weight excluding hydrogens is 230 g/mol. The summed E-state index contributed by atoms with van der Waals surface area (Å²) in [5.41, 5.74) is 0.0604. The van der Waals surface area contributed by atoms with Crippen LogP contribution < -0.4 is 5.32 Å². The molecule has 94 valence electrons. The summed E-state index contributed by atoms with van der Waals surface area (Å²) in [5.74, 6) is 0.426. The van der Waals surface area contributed by atoms with E-state index in [1.165, 1.54) is 0 Å². The summed E-state index contributed by atoms with van der Waals surface area (Å²) in [6.07, 6.45) is 1.14. The van der Waals surface area contributed by atoms with Gasteiger partial charge in [0, 0.05) is 11.6 Å². The van der Waals surface area contributed by atoms with E-state index in [9.17, 15) is 4.79 Å². The van der Waals surface area contributed by atoms with Gasteiger partial charge in [0.25, 0.3) is 0 Å². The molecule has 2 aromatic heterocycles. The Morgan fingerprint density at radius 2 is 2.06 bits per heavy atom. The van der Waals surface area contributed by atoms with Crippen molar-refractivity contribution in [1.82, 2.24) is 9.97 Å². The molecule has 0 unspecified atom stereocenters. The average molecular weight is 245 g/mol. The van der Waals surface area contributed by atoms with Crippen molar-refractivity contribution < 1.29 is 9.53 Å². The summed E-state index contributed by atoms with van der Waals surface area (Å²) < 4.78 is 5.14. The quantitative estimate of drug-likeness (QED) is 0.838. The summed E-state index contributed by atoms with van der Waals surface area (Å²) in [5, 5.41) is 3.50. The van der Waals surface area contributed by atoms with Crippen molar-refractivity contribution in [1.29, 1.82) is 0 Å². The Balaban J connectivity index is 2.15. The van der Waals surface area contributed by atoms with Crippen LogP contribution in [0.25, 0.3) is 11.0 Å². The van der Waals surface area contributed by atoms with Gasteiger partial charge >= 0.3 is 6.09 Å². The molecule has 0 atom stereocenters. The molecule has 0 spiro atoms. The molecule has 2 heterocycles. The highest BCUT2D eigenvalue weighted by Crippen LogP contribution is 2.14. The second kappa shape index (κ2) is 4.60. The van der Waals surface area contributed by atoms with Gasteiger partial charge in [0.05, 0.1) is 0 Å². The van der Waals surface area contributed by atoms with Gasteiger partial charge in [-0.05, 0) is 45.0 Å². The highest BCUT2D eigenvalue weighted by atomic mass is 16.6. The molecule has 0 aliphatic heterocycles. The molecule has 5 heteroatoms. The summed E-state index contributed by atoms with van der Waals surface area (Å²) in [4.78, 5) is 19.9. The van der Waals surface area contributed by atoms with Crippen LogP contribution >= 0.6 is 0 Å². The predicted molar refractivity (Wildman–Crippen MR) is 69.4 cm³/mol. The van der Waals surface area contributed by atoms with E-state index in [0.29, 0.717) is 11.5 Å². The van der Waals surface area contributed by atoms with Crippen LogP contribution in [0.15, 0.2) is 30.5 Å². The highest BCUT2D eigenvalue weighted by Gasteiger charge is 2.16. The molecule has 0 bridgehead atoms. The molecule has 2 rings (SSSR count). The largest absolute Gasteiger partial charge is 0.444 e. The number of anilines is 1. The number of nitrogens with one attached hydrogen (secondary N) is 1. The molecule has 0 aliphatic rings. The Morgan fingerprint density at radius 3 is 2.78 bits per heavy atom. The minimum Gasteiger partial charge on any atom is -0.444 e. The van der Waals surface area contributed by atoms with E-state index in [4.69, 9.17) is 4.74 Å². The third-order valence-electron chi connectivity index (χ3n) is 2.09. The fourth-order valence-corrected chi connectivity index (χ4v) is 1.43. The van der Waals surface area contributed by atoms with Gasteiger partial charge in [-0.25, -0.2) is 14.8 Å². The van der Waals surface area contributed by atoms with Crippen molar-refractivity contribution in [3.8, 4) is 0 Å². The number of nitrogens with zero attached hydrogens (tertiary/aromatic N) is 2. The lowest BCUT2D eigenvalue weighted by atomic mass is 10.2. The van der Waals surface area contributed by atoms with Crippen molar-refractivity contribution in [3.05, 3.63) is 30.5 Å². The van der Waals surface area contributed by atoms with Crippen LogP contribution in [0, 0.1) is 0 Å². The molecular formula is C13H15N3O2. The van der Waals surface area contributed by atoms with Gasteiger partial charge in [0.1, 0.15) is 11.4 Å². The van der Waals surface area contributed by atoms with Crippen LogP contribution in [0.1, 0.15) is 20.8 Å². The average Bonchev–Trinajstić information content (AvgIpc) is 2.26. The molecule has 2 aromatic rings. The van der Waals surface area contributed by atoms with E-state index in [1.807, 2.05) is 39.0 Å². The maximum absolute atomic E-state index is 11.6. The number of carbonyl (C=O) groups is 1. The third kappa shape index (κ3) is 3.16. The standard InChI is InChI=1S/C13H15N3O2/c1-13(2,3)18-12(17)16-10-7-6-9-5-4-8-14-11(9)15-10/h4-8H,1-3H3,(H,14,15,16,17). The number of carbonyl (C=O) groups excluding carboxylic acids is 1. The zero-order chi connectivity index (χ0) is 13.2. The van der Waals surface area contributed by atoms with Gasteiger partial charge in [0.15, 0.2) is 5.65 Å². The van der Waals surface area contributed by atoms with Crippen molar-refractivity contribution in [3.63, 3.8) is 0 Å². The second-order valence-electron chi connectivity index (χ2n) is 4.87. The first-order valence-electron chi connectivity index (χ1n) is 5.66. The zero-order valence-corrected chi connectivity index (χ0v) is 10.6. The number of ether oxygens (including phenoxy) is 1. The fraction of sp³-hybridized carbons (Fsp3) is 0.308. The molecule has 0 saturated heterocycles. The van der Waals surface area contributed by atoms with Crippen LogP contribution in [0.5, 0.6) is 0 Å². The minimum atomic E-state index is -0.529. The lowest BCUT2D eigenvalue weighted by molar-refractivity contribution is 0.0635.